The molecule has 0 saturated carbocycles. The van der Waals surface area contributed by atoms with E-state index in [0.717, 1.165) is 30.7 Å². The van der Waals surface area contributed by atoms with E-state index in [9.17, 15) is 42.1 Å². The Hall–Kier alpha value is -3.99. The normalized spacial score (nSPS) is 24.5. The first-order chi connectivity index (χ1) is 24.7. The molecular weight excluding hydrogens is 721 g/mol. The summed E-state index contributed by atoms with van der Waals surface area (Å²) in [6.07, 6.45) is -2.04. The molecule has 2 aliphatic rings. The van der Waals surface area contributed by atoms with Gasteiger partial charge in [0.2, 0.25) is 35.4 Å². The summed E-state index contributed by atoms with van der Waals surface area (Å²) >= 11 is 0. The van der Waals surface area contributed by atoms with E-state index in [2.05, 4.69) is 31.1 Å². The van der Waals surface area contributed by atoms with Crippen molar-refractivity contribution >= 4 is 43.3 Å². The van der Waals surface area contributed by atoms with Crippen LogP contribution in [0.15, 0.2) is 24.3 Å². The molecule has 0 spiro atoms. The highest BCUT2D eigenvalue weighted by Gasteiger charge is 2.42. The monoisotopic (exact) mass is 772 g/mol. The summed E-state index contributed by atoms with van der Waals surface area (Å²) in [4.78, 5) is 101. The summed E-state index contributed by atoms with van der Waals surface area (Å²) < 4.78 is 43.2. The lowest BCUT2D eigenvalue weighted by molar-refractivity contribution is -0.195. The highest BCUT2D eigenvalue weighted by Crippen LogP contribution is 2.47. The number of carbonyl (C=O) groups excluding carboxylic acids is 6. The molecule has 1 aromatic rings. The summed E-state index contributed by atoms with van der Waals surface area (Å²) in [5.41, 5.74) is -0.659. The van der Waals surface area contributed by atoms with Crippen LogP contribution in [0.1, 0.15) is 84.3 Å². The van der Waals surface area contributed by atoms with Gasteiger partial charge in [0.1, 0.15) is 30.2 Å². The van der Waals surface area contributed by atoms with E-state index in [1.807, 2.05) is 20.8 Å². The van der Waals surface area contributed by atoms with Crippen LogP contribution in [0.5, 0.6) is 0 Å². The van der Waals surface area contributed by atoms with Crippen LogP contribution in [0.2, 0.25) is 0 Å². The number of unbranched alkanes of at least 4 members (excludes halogenated alkanes) is 1. The van der Waals surface area contributed by atoms with Crippen molar-refractivity contribution in [2.45, 2.75) is 116 Å². The van der Waals surface area contributed by atoms with E-state index < -0.39 is 97.6 Å². The molecular formula is C34H51F2N6O10P. The fourth-order valence-corrected chi connectivity index (χ4v) is 6.59. The van der Waals surface area contributed by atoms with Gasteiger partial charge in [-0.3, -0.25) is 28.8 Å². The van der Waals surface area contributed by atoms with Crippen LogP contribution < -0.4 is 26.6 Å². The summed E-state index contributed by atoms with van der Waals surface area (Å²) in [6.45, 7) is 8.56. The predicted molar refractivity (Wildman–Crippen MR) is 186 cm³/mol. The number of alkyl halides is 2. The van der Waals surface area contributed by atoms with Crippen molar-refractivity contribution in [3.8, 4) is 0 Å². The summed E-state index contributed by atoms with van der Waals surface area (Å²) in [7, 11) is -5.56. The molecule has 0 aliphatic carbocycles. The molecule has 0 aromatic heterocycles. The number of nitrogens with zero attached hydrogens (tertiary/aromatic N) is 1. The number of phosphoric ester groups is 1. The molecule has 0 unspecified atom stereocenters. The fraction of sp³-hybridized carbons (Fsp3) is 0.647. The lowest BCUT2D eigenvalue weighted by Crippen LogP contribution is -2.61. The first kappa shape index (κ1) is 43.4. The number of hydrogen-bond acceptors (Lipinski definition) is 8. The van der Waals surface area contributed by atoms with Crippen LogP contribution in [0.3, 0.4) is 0 Å². The van der Waals surface area contributed by atoms with Gasteiger partial charge in [0.05, 0.1) is 12.1 Å². The number of amides is 6. The Morgan fingerprint density at radius 3 is 2.09 bits per heavy atom. The van der Waals surface area contributed by atoms with Gasteiger partial charge in [-0.1, -0.05) is 71.7 Å². The SMILES string of the molecule is CCCC[C@@H]1NC(=O)[C@@H]2CCCN2C(=O)[C@H](C(C)C)NC(=O)[C@H](Cc2ccc(C(F)(F)OP(=O)(O)O)cc2)NC(=O)CNC(=O)[C@H](CC(C)C)NC1=O. The van der Waals surface area contributed by atoms with E-state index in [1.165, 1.54) is 4.90 Å². The van der Waals surface area contributed by atoms with Gasteiger partial charge in [-0.25, -0.2) is 9.09 Å². The Morgan fingerprint density at radius 1 is 0.887 bits per heavy atom. The number of fused-ring (bicyclic) bond motifs is 1. The number of hydrogen-bond donors (Lipinski definition) is 7. The third-order valence-corrected chi connectivity index (χ3v) is 9.39. The molecule has 0 radical (unpaired) electrons. The third-order valence-electron chi connectivity index (χ3n) is 8.93. The minimum atomic E-state index is -5.56. The number of rotatable bonds is 11. The van der Waals surface area contributed by atoms with Crippen molar-refractivity contribution in [2.75, 3.05) is 13.1 Å². The molecule has 6 amide bonds. The number of phosphoric acid groups is 1. The quantitative estimate of drug-likeness (QED) is 0.160. The topological polar surface area (TPSA) is 233 Å². The standard InChI is InChI=1S/C34H51F2N6O10P/c1-6-7-9-23-30(45)40-24(16-19(2)3)29(44)37-18-27(43)38-25(17-21-11-13-22(14-12-21)34(35,36)52-53(49,50)51)31(46)41-28(20(4)5)33(48)42-15-8-10-26(42)32(47)39-23/h11-14,19-20,23-26,28H,6-10,15-18H2,1-5H3,(H,37,44)(H,38,43)(H,39,47)(H,40,45)(H,41,46)(H2,49,50,51)/t23-,24-,25-,26-,28-/m0/s1. The molecule has 19 heteroatoms. The highest BCUT2D eigenvalue weighted by molar-refractivity contribution is 7.46. The van der Waals surface area contributed by atoms with Crippen molar-refractivity contribution in [3.63, 3.8) is 0 Å². The van der Waals surface area contributed by atoms with Gasteiger partial charge in [-0.2, -0.15) is 8.78 Å². The predicted octanol–water partition coefficient (Wildman–Crippen LogP) is 1.34. The van der Waals surface area contributed by atoms with Crippen molar-refractivity contribution in [1.82, 2.24) is 31.5 Å². The Morgan fingerprint density at radius 2 is 1.51 bits per heavy atom. The number of benzene rings is 1. The molecule has 1 aromatic carbocycles. The zero-order valence-electron chi connectivity index (χ0n) is 30.5. The molecule has 296 valence electrons. The molecule has 2 aliphatic heterocycles. The lowest BCUT2D eigenvalue weighted by atomic mass is 9.99. The second-order valence-electron chi connectivity index (χ2n) is 14.2. The average Bonchev–Trinajstić information content (AvgIpc) is 3.55. The van der Waals surface area contributed by atoms with Crippen LogP contribution in [-0.4, -0.2) is 93.4 Å². The van der Waals surface area contributed by atoms with Gasteiger partial charge >= 0.3 is 13.9 Å². The lowest BCUT2D eigenvalue weighted by Gasteiger charge is -2.32. The minimum absolute atomic E-state index is 0.0591. The Bertz CT molecular complexity index is 1540. The summed E-state index contributed by atoms with van der Waals surface area (Å²) in [5.74, 6) is -4.53. The first-order valence-electron chi connectivity index (χ1n) is 17.7. The molecule has 0 bridgehead atoms. The minimum Gasteiger partial charge on any atom is -0.345 e. The van der Waals surface area contributed by atoms with Gasteiger partial charge in [-0.15, -0.1) is 0 Å². The van der Waals surface area contributed by atoms with Gasteiger partial charge in [0.15, 0.2) is 0 Å². The van der Waals surface area contributed by atoms with Gasteiger partial charge in [0, 0.05) is 13.0 Å². The maximum Gasteiger partial charge on any atom is 0.474 e. The first-order valence-corrected chi connectivity index (χ1v) is 19.3. The van der Waals surface area contributed by atoms with Crippen LogP contribution in [0.4, 0.5) is 8.78 Å². The number of carbonyl (C=O) groups is 6. The second-order valence-corrected chi connectivity index (χ2v) is 15.3. The molecule has 2 fully saturated rings. The van der Waals surface area contributed by atoms with Crippen LogP contribution in [0.25, 0.3) is 0 Å². The van der Waals surface area contributed by atoms with Crippen molar-refractivity contribution in [3.05, 3.63) is 35.4 Å². The van der Waals surface area contributed by atoms with E-state index in [4.69, 9.17) is 9.79 Å². The summed E-state index contributed by atoms with van der Waals surface area (Å²) in [6, 6.07) is -1.62. The van der Waals surface area contributed by atoms with Crippen LogP contribution in [-0.2, 0) is 50.4 Å². The molecule has 3 rings (SSSR count). The highest BCUT2D eigenvalue weighted by atomic mass is 31.2. The Kier molecular flexibility index (Phi) is 15.4. The van der Waals surface area contributed by atoms with Crippen LogP contribution in [0, 0.1) is 11.8 Å². The largest absolute Gasteiger partial charge is 0.474 e. The number of halogens is 2. The second kappa shape index (κ2) is 18.9. The molecule has 5 atom stereocenters. The Labute approximate surface area is 307 Å². The Balaban J connectivity index is 1.99. The van der Waals surface area contributed by atoms with E-state index in [-0.39, 0.29) is 37.3 Å². The molecule has 2 saturated heterocycles. The van der Waals surface area contributed by atoms with E-state index in [0.29, 0.717) is 19.3 Å². The van der Waals surface area contributed by atoms with Gasteiger partial charge < -0.3 is 41.3 Å². The fourth-order valence-electron chi connectivity index (χ4n) is 6.19. The van der Waals surface area contributed by atoms with Crippen LogP contribution >= 0.6 is 7.82 Å². The maximum absolute atomic E-state index is 14.3. The zero-order chi connectivity index (χ0) is 39.7. The van der Waals surface area contributed by atoms with E-state index in [1.54, 1.807) is 13.8 Å². The molecule has 16 nitrogen and oxygen atoms in total. The van der Waals surface area contributed by atoms with Crippen molar-refractivity contribution in [2.24, 2.45) is 11.8 Å². The maximum atomic E-state index is 14.3. The smallest absolute Gasteiger partial charge is 0.345 e. The third kappa shape index (κ3) is 12.8. The van der Waals surface area contributed by atoms with Crippen molar-refractivity contribution < 1.29 is 56.4 Å². The average molecular weight is 773 g/mol. The summed E-state index contributed by atoms with van der Waals surface area (Å²) in [5, 5.41) is 13.2. The number of nitrogens with one attached hydrogen (secondary N) is 5. The van der Waals surface area contributed by atoms with Crippen molar-refractivity contribution in [1.29, 1.82) is 0 Å². The van der Waals surface area contributed by atoms with Gasteiger partial charge in [-0.05, 0) is 43.1 Å². The molecule has 2 heterocycles. The molecule has 53 heavy (non-hydrogen) atoms. The zero-order valence-corrected chi connectivity index (χ0v) is 31.4. The molecule has 7 N–H and O–H groups in total. The van der Waals surface area contributed by atoms with E-state index >= 15 is 0 Å². The van der Waals surface area contributed by atoms with Gasteiger partial charge in [0.25, 0.3) is 0 Å².